The molecule has 8 heteroatoms. The van der Waals surface area contributed by atoms with Gasteiger partial charge in [0.05, 0.1) is 18.2 Å². The fraction of sp³-hybridized carbons (Fsp3) is 0.400. The van der Waals surface area contributed by atoms with E-state index in [0.717, 1.165) is 18.7 Å². The molecule has 2 aromatic rings. The van der Waals surface area contributed by atoms with Gasteiger partial charge < -0.3 is 14.8 Å². The van der Waals surface area contributed by atoms with Crippen molar-refractivity contribution < 1.29 is 14.3 Å². The zero-order valence-corrected chi connectivity index (χ0v) is 13.3. The first-order chi connectivity index (χ1) is 11.2. The van der Waals surface area contributed by atoms with E-state index in [2.05, 4.69) is 20.5 Å². The predicted octanol–water partition coefficient (Wildman–Crippen LogP) is 2.12. The number of amides is 1. The van der Waals surface area contributed by atoms with Gasteiger partial charge in [0.1, 0.15) is 18.2 Å². The lowest BCUT2D eigenvalue weighted by atomic mass is 10.1. The standard InChI is InChI=1S/C15H17ClN4O3/c1-22-13-6-9(2-4-11(13)16)15(21)17-7-10-3-5-12(23-10)14-18-8-19-20-14/h2,4,6,8,10,12H,3,5,7H2,1H3,(H,17,21)(H,18,19,20)/t10-,12+/m1/s1. The number of nitrogens with one attached hydrogen (secondary N) is 2. The van der Waals surface area contributed by atoms with Crippen molar-refractivity contribution >= 4 is 17.5 Å². The zero-order chi connectivity index (χ0) is 16.2. The number of methoxy groups -OCH3 is 1. The third kappa shape index (κ3) is 3.62. The van der Waals surface area contributed by atoms with Crippen LogP contribution in [0.1, 0.15) is 35.1 Å². The largest absolute Gasteiger partial charge is 0.495 e. The highest BCUT2D eigenvalue weighted by molar-refractivity contribution is 6.32. The summed E-state index contributed by atoms with van der Waals surface area (Å²) >= 11 is 5.96. The topological polar surface area (TPSA) is 89.1 Å². The Bertz CT molecular complexity index is 677. The predicted molar refractivity (Wildman–Crippen MR) is 83.6 cm³/mol. The van der Waals surface area contributed by atoms with Crippen molar-refractivity contribution in [1.29, 1.82) is 0 Å². The summed E-state index contributed by atoms with van der Waals surface area (Å²) in [5.74, 6) is 1.01. The maximum atomic E-state index is 12.2. The summed E-state index contributed by atoms with van der Waals surface area (Å²) in [4.78, 5) is 16.3. The lowest BCUT2D eigenvalue weighted by Gasteiger charge is -2.13. The summed E-state index contributed by atoms with van der Waals surface area (Å²) in [6.45, 7) is 0.439. The van der Waals surface area contributed by atoms with Crippen molar-refractivity contribution in [3.63, 3.8) is 0 Å². The van der Waals surface area contributed by atoms with Crippen molar-refractivity contribution in [2.24, 2.45) is 0 Å². The number of hydrogen-bond acceptors (Lipinski definition) is 5. The van der Waals surface area contributed by atoms with E-state index in [1.807, 2.05) is 0 Å². The van der Waals surface area contributed by atoms with E-state index < -0.39 is 0 Å². The molecule has 1 amide bonds. The number of H-pyrrole nitrogens is 1. The quantitative estimate of drug-likeness (QED) is 0.873. The fourth-order valence-corrected chi connectivity index (χ4v) is 2.73. The van der Waals surface area contributed by atoms with Gasteiger partial charge in [-0.1, -0.05) is 11.6 Å². The molecule has 0 aliphatic carbocycles. The molecule has 1 aromatic heterocycles. The normalized spacial score (nSPS) is 20.4. The van der Waals surface area contributed by atoms with Crippen LogP contribution in [0.3, 0.4) is 0 Å². The highest BCUT2D eigenvalue weighted by Gasteiger charge is 2.28. The molecule has 1 fully saturated rings. The van der Waals surface area contributed by atoms with Crippen molar-refractivity contribution in [3.8, 4) is 5.75 Å². The van der Waals surface area contributed by atoms with Gasteiger partial charge in [0, 0.05) is 12.1 Å². The number of carbonyl (C=O) groups excluding carboxylic acids is 1. The fourth-order valence-electron chi connectivity index (χ4n) is 2.54. The molecule has 1 aliphatic rings. The monoisotopic (exact) mass is 336 g/mol. The summed E-state index contributed by atoms with van der Waals surface area (Å²) in [6.07, 6.45) is 3.04. The SMILES string of the molecule is COc1cc(C(=O)NC[C@H]2CC[C@@H](c3ncn[nH]3)O2)ccc1Cl. The molecule has 0 spiro atoms. The lowest BCUT2D eigenvalue weighted by molar-refractivity contribution is 0.0392. The Morgan fingerprint density at radius 1 is 1.52 bits per heavy atom. The van der Waals surface area contributed by atoms with E-state index in [9.17, 15) is 4.79 Å². The molecule has 3 rings (SSSR count). The Labute approximate surface area is 138 Å². The number of carbonyl (C=O) groups is 1. The number of hydrogen-bond donors (Lipinski definition) is 2. The number of nitrogens with zero attached hydrogens (tertiary/aromatic N) is 2. The third-order valence-corrected chi connectivity index (χ3v) is 4.06. The average Bonchev–Trinajstić information content (AvgIpc) is 3.24. The van der Waals surface area contributed by atoms with Gasteiger partial charge in [0.25, 0.3) is 5.91 Å². The molecule has 23 heavy (non-hydrogen) atoms. The smallest absolute Gasteiger partial charge is 0.251 e. The summed E-state index contributed by atoms with van der Waals surface area (Å²) in [7, 11) is 1.51. The van der Waals surface area contributed by atoms with Crippen LogP contribution in [0.15, 0.2) is 24.5 Å². The van der Waals surface area contributed by atoms with Crippen LogP contribution in [0.4, 0.5) is 0 Å². The van der Waals surface area contributed by atoms with E-state index in [-0.39, 0.29) is 18.1 Å². The van der Waals surface area contributed by atoms with Crippen LogP contribution in [0.2, 0.25) is 5.02 Å². The maximum absolute atomic E-state index is 12.2. The number of benzene rings is 1. The van der Waals surface area contributed by atoms with Gasteiger partial charge in [-0.3, -0.25) is 9.89 Å². The summed E-state index contributed by atoms with van der Waals surface area (Å²) in [6, 6.07) is 4.92. The van der Waals surface area contributed by atoms with Crippen molar-refractivity contribution in [2.45, 2.75) is 25.0 Å². The molecule has 1 aromatic carbocycles. The first-order valence-electron chi connectivity index (χ1n) is 7.30. The lowest BCUT2D eigenvalue weighted by Crippen LogP contribution is -2.31. The highest BCUT2D eigenvalue weighted by atomic mass is 35.5. The van der Waals surface area contributed by atoms with Crippen LogP contribution < -0.4 is 10.1 Å². The van der Waals surface area contributed by atoms with E-state index >= 15 is 0 Å². The molecular formula is C15H17ClN4O3. The first-order valence-corrected chi connectivity index (χ1v) is 7.67. The molecule has 2 atom stereocenters. The molecule has 0 unspecified atom stereocenters. The van der Waals surface area contributed by atoms with Crippen LogP contribution in [-0.2, 0) is 4.74 Å². The van der Waals surface area contributed by atoms with Gasteiger partial charge in [-0.05, 0) is 31.0 Å². The summed E-state index contributed by atoms with van der Waals surface area (Å²) in [5, 5.41) is 9.97. The van der Waals surface area contributed by atoms with E-state index in [1.165, 1.54) is 13.4 Å². The second kappa shape index (κ2) is 6.97. The van der Waals surface area contributed by atoms with Crippen molar-refractivity contribution in [2.75, 3.05) is 13.7 Å². The number of halogens is 1. The molecule has 2 N–H and O–H groups in total. The maximum Gasteiger partial charge on any atom is 0.251 e. The number of aromatic nitrogens is 3. The number of rotatable bonds is 5. The molecule has 0 radical (unpaired) electrons. The summed E-state index contributed by atoms with van der Waals surface area (Å²) in [5.41, 5.74) is 0.496. The van der Waals surface area contributed by atoms with E-state index in [1.54, 1.807) is 18.2 Å². The van der Waals surface area contributed by atoms with Crippen molar-refractivity contribution in [3.05, 3.63) is 40.9 Å². The molecule has 122 valence electrons. The third-order valence-electron chi connectivity index (χ3n) is 3.75. The van der Waals surface area contributed by atoms with Crippen LogP contribution >= 0.6 is 11.6 Å². The minimum absolute atomic E-state index is 0.0387. The van der Waals surface area contributed by atoms with Gasteiger partial charge in [-0.2, -0.15) is 5.10 Å². The molecule has 1 saturated heterocycles. The van der Waals surface area contributed by atoms with E-state index in [0.29, 0.717) is 22.9 Å². The summed E-state index contributed by atoms with van der Waals surface area (Å²) < 4.78 is 11.0. The molecular weight excluding hydrogens is 320 g/mol. The Balaban J connectivity index is 1.53. The van der Waals surface area contributed by atoms with Crippen LogP contribution in [0.5, 0.6) is 5.75 Å². The average molecular weight is 337 g/mol. The molecule has 2 heterocycles. The van der Waals surface area contributed by atoms with Crippen LogP contribution in [0.25, 0.3) is 0 Å². The number of ether oxygens (including phenoxy) is 2. The molecule has 1 aliphatic heterocycles. The molecule has 7 nitrogen and oxygen atoms in total. The second-order valence-electron chi connectivity index (χ2n) is 5.25. The van der Waals surface area contributed by atoms with Crippen LogP contribution in [-0.4, -0.2) is 40.8 Å². The van der Waals surface area contributed by atoms with Gasteiger partial charge in [0.15, 0.2) is 5.82 Å². The molecule has 0 saturated carbocycles. The number of aromatic amines is 1. The van der Waals surface area contributed by atoms with E-state index in [4.69, 9.17) is 21.1 Å². The van der Waals surface area contributed by atoms with Gasteiger partial charge in [-0.15, -0.1) is 0 Å². The van der Waals surface area contributed by atoms with Crippen LogP contribution in [0, 0.1) is 0 Å². The molecule has 0 bridgehead atoms. The minimum Gasteiger partial charge on any atom is -0.495 e. The Morgan fingerprint density at radius 3 is 3.13 bits per heavy atom. The Hall–Kier alpha value is -2.12. The first kappa shape index (κ1) is 15.8. The van der Waals surface area contributed by atoms with Crippen molar-refractivity contribution in [1.82, 2.24) is 20.5 Å². The van der Waals surface area contributed by atoms with Gasteiger partial charge >= 0.3 is 0 Å². The van der Waals surface area contributed by atoms with Gasteiger partial charge in [-0.25, -0.2) is 4.98 Å². The second-order valence-corrected chi connectivity index (χ2v) is 5.66. The Kier molecular flexibility index (Phi) is 4.78. The minimum atomic E-state index is -0.188. The Morgan fingerprint density at radius 2 is 2.39 bits per heavy atom. The van der Waals surface area contributed by atoms with Gasteiger partial charge in [0.2, 0.25) is 0 Å². The zero-order valence-electron chi connectivity index (χ0n) is 12.6. The highest BCUT2D eigenvalue weighted by Crippen LogP contribution is 2.30.